The van der Waals surface area contributed by atoms with E-state index in [-0.39, 0.29) is 17.9 Å². The molecule has 1 aliphatic carbocycles. The number of hydrogen-bond donors (Lipinski definition) is 1. The lowest BCUT2D eigenvalue weighted by atomic mass is 10.0. The molecule has 0 saturated heterocycles. The van der Waals surface area contributed by atoms with Gasteiger partial charge in [-0.15, -0.1) is 0 Å². The Bertz CT molecular complexity index is 536. The summed E-state index contributed by atoms with van der Waals surface area (Å²) in [6.07, 6.45) is 2.66. The van der Waals surface area contributed by atoms with E-state index in [1.165, 1.54) is 14.2 Å². The Morgan fingerprint density at radius 1 is 1.35 bits per heavy atom. The van der Waals surface area contributed by atoms with Crippen LogP contribution in [-0.4, -0.2) is 26.2 Å². The van der Waals surface area contributed by atoms with Gasteiger partial charge in [0.05, 0.1) is 31.8 Å². The summed E-state index contributed by atoms with van der Waals surface area (Å²) in [5, 5.41) is 12.0. The van der Waals surface area contributed by atoms with Gasteiger partial charge in [-0.2, -0.15) is 5.26 Å². The first kappa shape index (κ1) is 14.2. The molecule has 0 radical (unpaired) electrons. The number of carbonyl (C=O) groups is 1. The average Bonchev–Trinajstić information content (AvgIpc) is 2.93. The standard InChI is InChI=1S/C15H18N2O3/c1-19-13-8-4-6-11(14(13)20-2)15(18)17-12-7-3-5-10(12)9-16/h4,6,8,10,12H,3,5,7H2,1-2H3,(H,17,18). The van der Waals surface area contributed by atoms with E-state index in [2.05, 4.69) is 11.4 Å². The molecule has 1 aliphatic rings. The summed E-state index contributed by atoms with van der Waals surface area (Å²) >= 11 is 0. The minimum Gasteiger partial charge on any atom is -0.493 e. The summed E-state index contributed by atoms with van der Waals surface area (Å²) in [5.74, 6) is 0.603. The van der Waals surface area contributed by atoms with Crippen LogP contribution in [0.5, 0.6) is 11.5 Å². The fourth-order valence-electron chi connectivity index (χ4n) is 2.60. The molecule has 1 saturated carbocycles. The van der Waals surface area contributed by atoms with Crippen LogP contribution >= 0.6 is 0 Å². The first-order valence-corrected chi connectivity index (χ1v) is 6.62. The zero-order valence-electron chi connectivity index (χ0n) is 11.7. The van der Waals surface area contributed by atoms with Gasteiger partial charge in [-0.25, -0.2) is 0 Å². The fraction of sp³-hybridized carbons (Fsp3) is 0.467. The van der Waals surface area contributed by atoms with Crippen molar-refractivity contribution in [3.05, 3.63) is 23.8 Å². The van der Waals surface area contributed by atoms with Crippen LogP contribution in [-0.2, 0) is 0 Å². The lowest BCUT2D eigenvalue weighted by molar-refractivity contribution is 0.0929. The predicted octanol–water partition coefficient (Wildman–Crippen LogP) is 2.13. The molecule has 1 aromatic carbocycles. The number of benzene rings is 1. The topological polar surface area (TPSA) is 71.3 Å². The number of carbonyl (C=O) groups excluding carboxylic acids is 1. The van der Waals surface area contributed by atoms with Crippen molar-refractivity contribution in [1.82, 2.24) is 5.32 Å². The minimum atomic E-state index is -0.229. The van der Waals surface area contributed by atoms with Gasteiger partial charge in [-0.3, -0.25) is 4.79 Å². The van der Waals surface area contributed by atoms with Crippen LogP contribution in [0.3, 0.4) is 0 Å². The van der Waals surface area contributed by atoms with Crippen molar-refractivity contribution >= 4 is 5.91 Å². The van der Waals surface area contributed by atoms with Gasteiger partial charge in [0.15, 0.2) is 11.5 Å². The number of nitrogens with zero attached hydrogens (tertiary/aromatic N) is 1. The number of amides is 1. The second kappa shape index (κ2) is 6.29. The Kier molecular flexibility index (Phi) is 4.46. The van der Waals surface area contributed by atoms with Crippen molar-refractivity contribution in [3.8, 4) is 17.6 Å². The van der Waals surface area contributed by atoms with Crippen molar-refractivity contribution in [3.63, 3.8) is 0 Å². The van der Waals surface area contributed by atoms with E-state index >= 15 is 0 Å². The second-order valence-corrected chi connectivity index (χ2v) is 4.79. The molecule has 106 valence electrons. The molecule has 0 aliphatic heterocycles. The maximum absolute atomic E-state index is 12.4. The fourth-order valence-corrected chi connectivity index (χ4v) is 2.60. The lowest BCUT2D eigenvalue weighted by Gasteiger charge is -2.17. The van der Waals surface area contributed by atoms with Crippen molar-refractivity contribution in [1.29, 1.82) is 5.26 Å². The molecule has 5 nitrogen and oxygen atoms in total. The third-order valence-corrected chi connectivity index (χ3v) is 3.65. The number of methoxy groups -OCH3 is 2. The highest BCUT2D eigenvalue weighted by molar-refractivity contribution is 5.98. The monoisotopic (exact) mass is 274 g/mol. The van der Waals surface area contributed by atoms with Gasteiger partial charge >= 0.3 is 0 Å². The summed E-state index contributed by atoms with van der Waals surface area (Å²) in [6, 6.07) is 7.34. The molecule has 2 unspecified atom stereocenters. The highest BCUT2D eigenvalue weighted by Crippen LogP contribution is 2.31. The zero-order valence-corrected chi connectivity index (χ0v) is 11.7. The largest absolute Gasteiger partial charge is 0.493 e. The second-order valence-electron chi connectivity index (χ2n) is 4.79. The molecule has 0 spiro atoms. The molecule has 0 bridgehead atoms. The summed E-state index contributed by atoms with van der Waals surface area (Å²) in [6.45, 7) is 0. The summed E-state index contributed by atoms with van der Waals surface area (Å²) < 4.78 is 10.4. The number of nitriles is 1. The third kappa shape index (κ3) is 2.69. The van der Waals surface area contributed by atoms with Crippen LogP contribution in [0.15, 0.2) is 18.2 Å². The third-order valence-electron chi connectivity index (χ3n) is 3.65. The van der Waals surface area contributed by atoms with Gasteiger partial charge in [0, 0.05) is 6.04 Å². The van der Waals surface area contributed by atoms with Gasteiger partial charge in [0.25, 0.3) is 5.91 Å². The van der Waals surface area contributed by atoms with Crippen LogP contribution in [0, 0.1) is 17.2 Å². The molecule has 1 aromatic rings. The van der Waals surface area contributed by atoms with Crippen LogP contribution in [0.4, 0.5) is 0 Å². The van der Waals surface area contributed by atoms with Gasteiger partial charge in [0.2, 0.25) is 0 Å². The van der Waals surface area contributed by atoms with Crippen molar-refractivity contribution in [2.45, 2.75) is 25.3 Å². The van der Waals surface area contributed by atoms with Gasteiger partial charge in [0.1, 0.15) is 0 Å². The molecule has 2 rings (SSSR count). The van der Waals surface area contributed by atoms with E-state index in [4.69, 9.17) is 14.7 Å². The summed E-state index contributed by atoms with van der Waals surface area (Å²) in [4.78, 5) is 12.4. The number of nitrogens with one attached hydrogen (secondary N) is 1. The highest BCUT2D eigenvalue weighted by Gasteiger charge is 2.29. The zero-order chi connectivity index (χ0) is 14.5. The first-order chi connectivity index (χ1) is 9.71. The Hall–Kier alpha value is -2.22. The molecule has 1 fully saturated rings. The minimum absolute atomic E-state index is 0.0802. The van der Waals surface area contributed by atoms with Crippen LogP contribution < -0.4 is 14.8 Å². The summed E-state index contributed by atoms with van der Waals surface area (Å²) in [5.41, 5.74) is 0.426. The smallest absolute Gasteiger partial charge is 0.255 e. The van der Waals surface area contributed by atoms with Crippen molar-refractivity contribution < 1.29 is 14.3 Å². The molecular weight excluding hydrogens is 256 g/mol. The first-order valence-electron chi connectivity index (χ1n) is 6.62. The van der Waals surface area contributed by atoms with E-state index in [1.54, 1.807) is 18.2 Å². The molecule has 0 heterocycles. The van der Waals surface area contributed by atoms with Crippen LogP contribution in [0.25, 0.3) is 0 Å². The quantitative estimate of drug-likeness (QED) is 0.913. The molecule has 20 heavy (non-hydrogen) atoms. The van der Waals surface area contributed by atoms with Crippen molar-refractivity contribution in [2.24, 2.45) is 5.92 Å². The molecule has 0 aromatic heterocycles. The normalized spacial score (nSPS) is 21.1. The average molecular weight is 274 g/mol. The Balaban J connectivity index is 2.19. The molecular formula is C15H18N2O3. The molecule has 2 atom stereocenters. The maximum Gasteiger partial charge on any atom is 0.255 e. The number of para-hydroxylation sites is 1. The van der Waals surface area contributed by atoms with Crippen LogP contribution in [0.1, 0.15) is 29.6 Å². The van der Waals surface area contributed by atoms with E-state index in [0.717, 1.165) is 19.3 Å². The van der Waals surface area contributed by atoms with E-state index < -0.39 is 0 Å². The van der Waals surface area contributed by atoms with Gasteiger partial charge < -0.3 is 14.8 Å². The number of hydrogen-bond acceptors (Lipinski definition) is 4. The summed E-state index contributed by atoms with van der Waals surface area (Å²) in [7, 11) is 3.03. The van der Waals surface area contributed by atoms with E-state index in [1.807, 2.05) is 0 Å². The highest BCUT2D eigenvalue weighted by atomic mass is 16.5. The Labute approximate surface area is 118 Å². The maximum atomic E-state index is 12.4. The molecule has 5 heteroatoms. The Morgan fingerprint density at radius 3 is 2.80 bits per heavy atom. The number of ether oxygens (including phenoxy) is 2. The van der Waals surface area contributed by atoms with Gasteiger partial charge in [-0.1, -0.05) is 6.07 Å². The lowest BCUT2D eigenvalue weighted by Crippen LogP contribution is -2.37. The van der Waals surface area contributed by atoms with Gasteiger partial charge in [-0.05, 0) is 31.4 Å². The van der Waals surface area contributed by atoms with Crippen molar-refractivity contribution in [2.75, 3.05) is 14.2 Å². The van der Waals surface area contributed by atoms with Crippen LogP contribution in [0.2, 0.25) is 0 Å². The Morgan fingerprint density at radius 2 is 2.15 bits per heavy atom. The molecule has 1 amide bonds. The SMILES string of the molecule is COc1cccc(C(=O)NC2CCCC2C#N)c1OC. The predicted molar refractivity (Wildman–Crippen MR) is 73.8 cm³/mol. The molecule has 1 N–H and O–H groups in total. The van der Waals surface area contributed by atoms with E-state index in [0.29, 0.717) is 17.1 Å². The number of rotatable bonds is 4. The van der Waals surface area contributed by atoms with E-state index in [9.17, 15) is 4.79 Å².